The summed E-state index contributed by atoms with van der Waals surface area (Å²) >= 11 is 0. The van der Waals surface area contributed by atoms with Crippen LogP contribution in [0.4, 0.5) is 0 Å². The van der Waals surface area contributed by atoms with Gasteiger partial charge in [0.05, 0.1) is 0 Å². The van der Waals surface area contributed by atoms with Crippen LogP contribution in [0.5, 0.6) is 0 Å². The molecule has 0 aliphatic rings. The highest BCUT2D eigenvalue weighted by Gasteiger charge is 2.19. The Hall–Kier alpha value is -3.09. The van der Waals surface area contributed by atoms with Gasteiger partial charge in [-0.3, -0.25) is 4.79 Å². The number of fused-ring (bicyclic) bond motifs is 2. The van der Waals surface area contributed by atoms with Gasteiger partial charge in [-0.15, -0.1) is 0 Å². The van der Waals surface area contributed by atoms with Crippen LogP contribution in [-0.2, 0) is 0 Å². The number of nitrogens with zero attached hydrogens (tertiary/aromatic N) is 4. The largest absolute Gasteiger partial charge is 0.346 e. The molecule has 0 fully saturated rings. The molecular formula is C13H8N6O. The van der Waals surface area contributed by atoms with E-state index in [1.54, 1.807) is 24.5 Å². The third-order valence-electron chi connectivity index (χ3n) is 3.14. The Morgan fingerprint density at radius 1 is 0.800 bits per heavy atom. The molecular weight excluding hydrogens is 256 g/mol. The number of hydrogen-bond donors (Lipinski definition) is 2. The summed E-state index contributed by atoms with van der Waals surface area (Å²) < 4.78 is 0. The number of carbonyl (C=O) groups is 1. The van der Waals surface area contributed by atoms with Crippen LogP contribution in [0.3, 0.4) is 0 Å². The monoisotopic (exact) mass is 264 g/mol. The van der Waals surface area contributed by atoms with Crippen LogP contribution in [0.1, 0.15) is 16.2 Å². The first-order valence-corrected chi connectivity index (χ1v) is 5.95. The highest BCUT2D eigenvalue weighted by Crippen LogP contribution is 2.20. The summed E-state index contributed by atoms with van der Waals surface area (Å²) in [5, 5.41) is 1.36. The molecule has 2 N–H and O–H groups in total. The minimum atomic E-state index is -0.246. The number of hydrogen-bond acceptors (Lipinski definition) is 5. The predicted molar refractivity (Wildman–Crippen MR) is 71.2 cm³/mol. The molecule has 0 unspecified atom stereocenters. The van der Waals surface area contributed by atoms with Gasteiger partial charge in [0.25, 0.3) is 0 Å². The number of rotatable bonds is 2. The van der Waals surface area contributed by atoms with E-state index < -0.39 is 0 Å². The number of nitrogens with one attached hydrogen (secondary N) is 2. The van der Waals surface area contributed by atoms with Crippen molar-refractivity contribution in [2.45, 2.75) is 0 Å². The second-order valence-electron chi connectivity index (χ2n) is 4.25. The van der Waals surface area contributed by atoms with Gasteiger partial charge in [-0.25, -0.2) is 19.9 Å². The summed E-state index contributed by atoms with van der Waals surface area (Å²) in [6, 6.07) is 3.55. The Labute approximate surface area is 112 Å². The summed E-state index contributed by atoms with van der Waals surface area (Å²) in [6.07, 6.45) is 6.17. The van der Waals surface area contributed by atoms with E-state index in [4.69, 9.17) is 0 Å². The van der Waals surface area contributed by atoms with Gasteiger partial charge >= 0.3 is 0 Å². The third-order valence-corrected chi connectivity index (χ3v) is 3.14. The maximum Gasteiger partial charge on any atom is 0.231 e. The van der Waals surface area contributed by atoms with Crippen molar-refractivity contribution in [3.63, 3.8) is 0 Å². The Kier molecular flexibility index (Phi) is 2.13. The zero-order chi connectivity index (χ0) is 13.5. The zero-order valence-electron chi connectivity index (χ0n) is 10.2. The van der Waals surface area contributed by atoms with Crippen LogP contribution in [-0.4, -0.2) is 35.7 Å². The van der Waals surface area contributed by atoms with E-state index in [0.717, 1.165) is 0 Å². The van der Waals surface area contributed by atoms with Crippen LogP contribution in [0.25, 0.3) is 22.1 Å². The summed E-state index contributed by atoms with van der Waals surface area (Å²) in [6.45, 7) is 0. The molecule has 0 bridgehead atoms. The van der Waals surface area contributed by atoms with E-state index in [1.165, 1.54) is 12.7 Å². The van der Waals surface area contributed by atoms with Crippen molar-refractivity contribution >= 4 is 27.9 Å². The molecule has 0 aliphatic carbocycles. The van der Waals surface area contributed by atoms with E-state index in [-0.39, 0.29) is 5.78 Å². The van der Waals surface area contributed by atoms with Gasteiger partial charge in [0, 0.05) is 23.2 Å². The molecule has 0 radical (unpaired) electrons. The van der Waals surface area contributed by atoms with Crippen LogP contribution in [0.2, 0.25) is 0 Å². The lowest BCUT2D eigenvalue weighted by Gasteiger charge is -2.02. The Morgan fingerprint density at radius 3 is 1.80 bits per heavy atom. The van der Waals surface area contributed by atoms with Crippen LogP contribution < -0.4 is 0 Å². The first kappa shape index (κ1) is 10.8. The lowest BCUT2D eigenvalue weighted by molar-refractivity contribution is 0.103. The standard InChI is InChI=1S/C13H8N6O/c20-11(9-7-1-3-14-12(7)18-5-16-9)10-8-2-4-15-13(8)19-6-17-10/h1-6H,(H,14,16,18)(H,15,17,19). The van der Waals surface area contributed by atoms with Crippen LogP contribution >= 0.6 is 0 Å². The van der Waals surface area contributed by atoms with E-state index in [1.807, 2.05) is 0 Å². The molecule has 7 heteroatoms. The average molecular weight is 264 g/mol. The van der Waals surface area contributed by atoms with Crippen molar-refractivity contribution in [2.24, 2.45) is 0 Å². The summed E-state index contributed by atoms with van der Waals surface area (Å²) in [5.41, 5.74) is 1.92. The molecule has 0 saturated heterocycles. The second-order valence-corrected chi connectivity index (χ2v) is 4.25. The minimum absolute atomic E-state index is 0.246. The van der Waals surface area contributed by atoms with Gasteiger partial charge in [-0.05, 0) is 12.1 Å². The predicted octanol–water partition coefficient (Wildman–Crippen LogP) is 1.46. The quantitative estimate of drug-likeness (QED) is 0.534. The first-order chi connectivity index (χ1) is 9.84. The molecule has 0 aliphatic heterocycles. The topological polar surface area (TPSA) is 100 Å². The van der Waals surface area contributed by atoms with Gasteiger partial charge < -0.3 is 9.97 Å². The normalized spacial score (nSPS) is 11.2. The number of carbonyl (C=O) groups excluding carboxylic acids is 1. The fourth-order valence-electron chi connectivity index (χ4n) is 2.22. The molecule has 20 heavy (non-hydrogen) atoms. The smallest absolute Gasteiger partial charge is 0.231 e. The fraction of sp³-hybridized carbons (Fsp3) is 0. The van der Waals surface area contributed by atoms with Gasteiger partial charge in [0.2, 0.25) is 5.78 Å². The first-order valence-electron chi connectivity index (χ1n) is 5.95. The SMILES string of the molecule is O=C(c1ncnc2[nH]ccc12)c1ncnc2[nH]ccc12. The van der Waals surface area contributed by atoms with Crippen molar-refractivity contribution in [3.05, 3.63) is 48.6 Å². The van der Waals surface area contributed by atoms with Crippen molar-refractivity contribution in [1.82, 2.24) is 29.9 Å². The molecule has 4 aromatic rings. The lowest BCUT2D eigenvalue weighted by Crippen LogP contribution is -2.08. The molecule has 0 saturated carbocycles. The van der Waals surface area contributed by atoms with Crippen molar-refractivity contribution in [1.29, 1.82) is 0 Å². The average Bonchev–Trinajstić information content (AvgIpc) is 3.13. The van der Waals surface area contributed by atoms with E-state index in [0.29, 0.717) is 33.5 Å². The molecule has 0 amide bonds. The second kappa shape index (κ2) is 3.95. The number of H-pyrrole nitrogens is 2. The van der Waals surface area contributed by atoms with Gasteiger partial charge in [-0.1, -0.05) is 0 Å². The summed E-state index contributed by atoms with van der Waals surface area (Å²) in [7, 11) is 0. The van der Waals surface area contributed by atoms with E-state index >= 15 is 0 Å². The maximum atomic E-state index is 12.7. The van der Waals surface area contributed by atoms with Gasteiger partial charge in [0.1, 0.15) is 35.3 Å². The molecule has 0 atom stereocenters. The maximum absolute atomic E-state index is 12.7. The summed E-state index contributed by atoms with van der Waals surface area (Å²) in [4.78, 5) is 34.9. The van der Waals surface area contributed by atoms with Gasteiger partial charge in [-0.2, -0.15) is 0 Å². The van der Waals surface area contributed by atoms with Crippen molar-refractivity contribution in [2.75, 3.05) is 0 Å². The Bertz CT molecular complexity index is 862. The highest BCUT2D eigenvalue weighted by molar-refractivity contribution is 6.17. The van der Waals surface area contributed by atoms with Crippen LogP contribution in [0.15, 0.2) is 37.2 Å². The van der Waals surface area contributed by atoms with E-state index in [9.17, 15) is 4.79 Å². The van der Waals surface area contributed by atoms with Crippen molar-refractivity contribution < 1.29 is 4.79 Å². The number of ketones is 1. The van der Waals surface area contributed by atoms with Crippen LogP contribution in [0, 0.1) is 0 Å². The molecule has 0 spiro atoms. The molecule has 0 aromatic carbocycles. The lowest BCUT2D eigenvalue weighted by atomic mass is 10.1. The van der Waals surface area contributed by atoms with Gasteiger partial charge in [0.15, 0.2) is 0 Å². The molecule has 4 heterocycles. The van der Waals surface area contributed by atoms with Crippen molar-refractivity contribution in [3.8, 4) is 0 Å². The fourth-order valence-corrected chi connectivity index (χ4v) is 2.22. The number of aromatic nitrogens is 6. The van der Waals surface area contributed by atoms with E-state index in [2.05, 4.69) is 29.9 Å². The summed E-state index contributed by atoms with van der Waals surface area (Å²) in [5.74, 6) is -0.246. The minimum Gasteiger partial charge on any atom is -0.346 e. The molecule has 4 aromatic heterocycles. The highest BCUT2D eigenvalue weighted by atomic mass is 16.1. The molecule has 4 rings (SSSR count). The molecule has 96 valence electrons. The Balaban J connectivity index is 1.96. The molecule has 7 nitrogen and oxygen atoms in total. The zero-order valence-corrected chi connectivity index (χ0v) is 10.2. The Morgan fingerprint density at radius 2 is 1.30 bits per heavy atom. The number of aromatic amines is 2. The third kappa shape index (κ3) is 1.43.